The summed E-state index contributed by atoms with van der Waals surface area (Å²) in [6.45, 7) is 2.17. The van der Waals surface area contributed by atoms with Gasteiger partial charge in [-0.1, -0.05) is 6.92 Å². The van der Waals surface area contributed by atoms with E-state index in [9.17, 15) is 4.79 Å². The van der Waals surface area contributed by atoms with Crippen LogP contribution < -0.4 is 0 Å². The molecule has 0 amide bonds. The number of carbonyl (C=O) groups is 1. The van der Waals surface area contributed by atoms with Gasteiger partial charge in [0, 0.05) is 13.5 Å². The number of Topliss-reactive ketones (excluding diaryl/α,β-unsaturated/α-hetero) is 1. The number of hydrogen-bond donors (Lipinski definition) is 0. The summed E-state index contributed by atoms with van der Waals surface area (Å²) >= 11 is 0. The van der Waals surface area contributed by atoms with E-state index in [0.29, 0.717) is 12.3 Å². The van der Waals surface area contributed by atoms with E-state index in [-0.39, 0.29) is 11.9 Å². The van der Waals surface area contributed by atoms with E-state index in [1.54, 1.807) is 7.11 Å². The van der Waals surface area contributed by atoms with E-state index in [1.165, 1.54) is 0 Å². The topological polar surface area (TPSA) is 26.3 Å². The number of carbonyl (C=O) groups excluding carboxylic acids is 1. The molecule has 1 fully saturated rings. The van der Waals surface area contributed by atoms with Gasteiger partial charge in [-0.15, -0.1) is 0 Å². The second kappa shape index (κ2) is 3.15. The summed E-state index contributed by atoms with van der Waals surface area (Å²) in [6.07, 6.45) is 2.55. The van der Waals surface area contributed by atoms with Crippen LogP contribution in [0, 0.1) is 5.92 Å². The molecule has 0 aromatic heterocycles. The van der Waals surface area contributed by atoms with Crippen molar-refractivity contribution in [3.63, 3.8) is 0 Å². The van der Waals surface area contributed by atoms with E-state index < -0.39 is 0 Å². The minimum absolute atomic E-state index is 0.108. The molecule has 0 aromatic carbocycles. The lowest BCUT2D eigenvalue weighted by molar-refractivity contribution is -0.132. The zero-order valence-corrected chi connectivity index (χ0v) is 6.59. The van der Waals surface area contributed by atoms with Crippen LogP contribution >= 0.6 is 0 Å². The maximum atomic E-state index is 11.0. The molecule has 1 rings (SSSR count). The van der Waals surface area contributed by atoms with Crippen molar-refractivity contribution < 1.29 is 9.53 Å². The quantitative estimate of drug-likeness (QED) is 0.553. The predicted octanol–water partition coefficient (Wildman–Crippen LogP) is 1.39. The van der Waals surface area contributed by atoms with Crippen molar-refractivity contribution in [2.24, 2.45) is 5.92 Å². The van der Waals surface area contributed by atoms with Crippen LogP contribution in [0.2, 0.25) is 0 Å². The molecule has 0 aliphatic heterocycles. The first-order chi connectivity index (χ1) is 4.74. The zero-order valence-electron chi connectivity index (χ0n) is 6.59. The molecule has 0 saturated heterocycles. The molecule has 0 spiro atoms. The summed E-state index contributed by atoms with van der Waals surface area (Å²) in [5.74, 6) is 0.934. The van der Waals surface area contributed by atoms with Gasteiger partial charge < -0.3 is 4.74 Å². The first kappa shape index (κ1) is 7.73. The van der Waals surface area contributed by atoms with Crippen molar-refractivity contribution in [3.05, 3.63) is 0 Å². The minimum atomic E-state index is -0.108. The van der Waals surface area contributed by atoms with Crippen LogP contribution in [0.5, 0.6) is 0 Å². The smallest absolute Gasteiger partial charge is 0.161 e. The molecule has 58 valence electrons. The van der Waals surface area contributed by atoms with Crippen LogP contribution in [0.3, 0.4) is 0 Å². The van der Waals surface area contributed by atoms with Crippen molar-refractivity contribution in [3.8, 4) is 0 Å². The third-order valence-electron chi connectivity index (χ3n) is 2.14. The van der Waals surface area contributed by atoms with Gasteiger partial charge in [0.05, 0.1) is 0 Å². The molecule has 2 atom stereocenters. The van der Waals surface area contributed by atoms with Gasteiger partial charge >= 0.3 is 0 Å². The van der Waals surface area contributed by atoms with Crippen LogP contribution in [-0.2, 0) is 9.53 Å². The molecular formula is C8H14O2. The van der Waals surface area contributed by atoms with Crippen LogP contribution in [0.1, 0.15) is 26.2 Å². The van der Waals surface area contributed by atoms with Crippen LogP contribution in [0.15, 0.2) is 0 Å². The Hall–Kier alpha value is -0.370. The predicted molar refractivity (Wildman–Crippen MR) is 38.8 cm³/mol. The normalized spacial score (nSPS) is 34.4. The average Bonchev–Trinajstić information content (AvgIpc) is 1.94. The Bertz CT molecular complexity index is 131. The van der Waals surface area contributed by atoms with E-state index in [0.717, 1.165) is 12.8 Å². The molecule has 0 aromatic rings. The third kappa shape index (κ3) is 1.57. The van der Waals surface area contributed by atoms with Gasteiger partial charge in [-0.2, -0.15) is 0 Å². The molecule has 1 aliphatic carbocycles. The lowest BCUT2D eigenvalue weighted by atomic mass is 9.88. The molecule has 0 heterocycles. The van der Waals surface area contributed by atoms with Crippen molar-refractivity contribution in [2.75, 3.05) is 7.11 Å². The number of ether oxygens (including phenoxy) is 1. The maximum Gasteiger partial charge on any atom is 0.161 e. The van der Waals surface area contributed by atoms with Crippen LogP contribution in [0.25, 0.3) is 0 Å². The summed E-state index contributed by atoms with van der Waals surface area (Å²) in [6, 6.07) is 0. The highest BCUT2D eigenvalue weighted by Crippen LogP contribution is 2.22. The Balaban J connectivity index is 2.45. The minimum Gasteiger partial charge on any atom is -0.374 e. The highest BCUT2D eigenvalue weighted by molar-refractivity contribution is 5.83. The van der Waals surface area contributed by atoms with E-state index in [1.807, 2.05) is 0 Å². The molecule has 10 heavy (non-hydrogen) atoms. The standard InChI is InChI=1S/C8H14O2/c1-6-3-4-7(9)8(5-6)10-2/h6,8H,3-5H2,1-2H3/t6?,8-/m1/s1. The van der Waals surface area contributed by atoms with Gasteiger partial charge in [0.15, 0.2) is 5.78 Å². The third-order valence-corrected chi connectivity index (χ3v) is 2.14. The number of methoxy groups -OCH3 is 1. The van der Waals surface area contributed by atoms with Crippen molar-refractivity contribution in [1.82, 2.24) is 0 Å². The molecule has 1 aliphatic rings. The second-order valence-electron chi connectivity index (χ2n) is 3.07. The number of rotatable bonds is 1. The fourth-order valence-electron chi connectivity index (χ4n) is 1.39. The van der Waals surface area contributed by atoms with Crippen molar-refractivity contribution in [2.45, 2.75) is 32.3 Å². The van der Waals surface area contributed by atoms with Gasteiger partial charge in [0.25, 0.3) is 0 Å². The Morgan fingerprint density at radius 1 is 1.60 bits per heavy atom. The van der Waals surface area contributed by atoms with E-state index in [4.69, 9.17) is 4.74 Å². The molecule has 2 heteroatoms. The molecule has 1 saturated carbocycles. The molecule has 0 bridgehead atoms. The lowest BCUT2D eigenvalue weighted by Gasteiger charge is -2.23. The SMILES string of the molecule is CO[C@@H]1CC(C)CCC1=O. The summed E-state index contributed by atoms with van der Waals surface area (Å²) in [7, 11) is 1.61. The second-order valence-corrected chi connectivity index (χ2v) is 3.07. The van der Waals surface area contributed by atoms with E-state index in [2.05, 4.69) is 6.92 Å². The fourth-order valence-corrected chi connectivity index (χ4v) is 1.39. The Morgan fingerprint density at radius 3 is 2.80 bits per heavy atom. The molecule has 0 N–H and O–H groups in total. The summed E-state index contributed by atoms with van der Waals surface area (Å²) in [5.41, 5.74) is 0. The maximum absolute atomic E-state index is 11.0. The van der Waals surface area contributed by atoms with Gasteiger partial charge in [-0.05, 0) is 18.8 Å². The Kier molecular flexibility index (Phi) is 2.44. The Morgan fingerprint density at radius 2 is 2.30 bits per heavy atom. The lowest BCUT2D eigenvalue weighted by Crippen LogP contribution is -2.30. The van der Waals surface area contributed by atoms with Gasteiger partial charge in [-0.3, -0.25) is 4.79 Å². The van der Waals surface area contributed by atoms with Gasteiger partial charge in [0.2, 0.25) is 0 Å². The van der Waals surface area contributed by atoms with Gasteiger partial charge in [-0.25, -0.2) is 0 Å². The van der Waals surface area contributed by atoms with Crippen molar-refractivity contribution >= 4 is 5.78 Å². The first-order valence-corrected chi connectivity index (χ1v) is 3.79. The summed E-state index contributed by atoms with van der Waals surface area (Å²) < 4.78 is 5.02. The average molecular weight is 142 g/mol. The molecule has 0 radical (unpaired) electrons. The van der Waals surface area contributed by atoms with Crippen LogP contribution in [-0.4, -0.2) is 19.0 Å². The Labute approximate surface area is 61.6 Å². The highest BCUT2D eigenvalue weighted by Gasteiger charge is 2.25. The van der Waals surface area contributed by atoms with Gasteiger partial charge in [0.1, 0.15) is 6.10 Å². The highest BCUT2D eigenvalue weighted by atomic mass is 16.5. The largest absolute Gasteiger partial charge is 0.374 e. The summed E-state index contributed by atoms with van der Waals surface area (Å²) in [5, 5.41) is 0. The zero-order chi connectivity index (χ0) is 7.56. The fraction of sp³-hybridized carbons (Fsp3) is 0.875. The first-order valence-electron chi connectivity index (χ1n) is 3.79. The molecule has 1 unspecified atom stereocenters. The summed E-state index contributed by atoms with van der Waals surface area (Å²) in [4.78, 5) is 11.0. The molecular weight excluding hydrogens is 128 g/mol. The van der Waals surface area contributed by atoms with Crippen molar-refractivity contribution in [1.29, 1.82) is 0 Å². The number of hydrogen-bond acceptors (Lipinski definition) is 2. The van der Waals surface area contributed by atoms with E-state index >= 15 is 0 Å². The molecule has 2 nitrogen and oxygen atoms in total. The van der Waals surface area contributed by atoms with Crippen LogP contribution in [0.4, 0.5) is 0 Å². The monoisotopic (exact) mass is 142 g/mol. The number of ketones is 1.